The molecule has 2 N–H and O–H groups in total. The lowest BCUT2D eigenvalue weighted by Crippen LogP contribution is -2.23. The van der Waals surface area contributed by atoms with Gasteiger partial charge in [0, 0.05) is 5.69 Å². The van der Waals surface area contributed by atoms with Crippen molar-refractivity contribution < 1.29 is 27.1 Å². The van der Waals surface area contributed by atoms with Gasteiger partial charge in [-0.1, -0.05) is 18.2 Å². The summed E-state index contributed by atoms with van der Waals surface area (Å²) in [4.78, 5) is 12.2. The number of sulfonamides is 1. The molecule has 30 heavy (non-hydrogen) atoms. The fraction of sp³-hybridized carbons (Fsp3) is 0.190. The number of furan rings is 1. The Morgan fingerprint density at radius 1 is 1.03 bits per heavy atom. The van der Waals surface area contributed by atoms with E-state index in [2.05, 4.69) is 10.0 Å². The third kappa shape index (κ3) is 5.85. The van der Waals surface area contributed by atoms with Crippen LogP contribution in [0.4, 0.5) is 5.69 Å². The summed E-state index contributed by atoms with van der Waals surface area (Å²) >= 11 is 0. The number of carbonyl (C=O) groups excluding carboxylic acids is 1. The summed E-state index contributed by atoms with van der Waals surface area (Å²) in [6, 6.07) is 16.5. The summed E-state index contributed by atoms with van der Waals surface area (Å²) in [5, 5.41) is 2.68. The second-order valence-electron chi connectivity index (χ2n) is 6.23. The maximum Gasteiger partial charge on any atom is 0.241 e. The van der Waals surface area contributed by atoms with Crippen LogP contribution in [0.2, 0.25) is 0 Å². The molecular formula is C21H22N2O6S. The van der Waals surface area contributed by atoms with Crippen molar-refractivity contribution in [2.75, 3.05) is 19.0 Å². The maximum absolute atomic E-state index is 12.5. The van der Waals surface area contributed by atoms with Crippen LogP contribution < -0.4 is 19.5 Å². The molecule has 0 saturated carbocycles. The zero-order chi connectivity index (χ0) is 21.4. The van der Waals surface area contributed by atoms with Crippen molar-refractivity contribution in [3.05, 3.63) is 72.7 Å². The number of benzene rings is 2. The molecular weight excluding hydrogens is 408 g/mol. The minimum absolute atomic E-state index is 0.0339. The zero-order valence-corrected chi connectivity index (χ0v) is 17.1. The molecule has 0 atom stereocenters. The normalized spacial score (nSPS) is 11.1. The highest BCUT2D eigenvalue weighted by atomic mass is 32.2. The molecule has 0 unspecified atom stereocenters. The van der Waals surface area contributed by atoms with Crippen LogP contribution in [0.15, 0.2) is 76.2 Å². The Labute approximate surface area is 174 Å². The van der Waals surface area contributed by atoms with Gasteiger partial charge in [0.15, 0.2) is 11.5 Å². The van der Waals surface area contributed by atoms with Gasteiger partial charge in [-0.25, -0.2) is 13.1 Å². The summed E-state index contributed by atoms with van der Waals surface area (Å²) < 4.78 is 43.3. The van der Waals surface area contributed by atoms with Gasteiger partial charge in [-0.05, 0) is 42.5 Å². The van der Waals surface area contributed by atoms with Crippen molar-refractivity contribution in [2.45, 2.75) is 17.9 Å². The first kappa shape index (κ1) is 21.4. The Balaban J connectivity index is 1.54. The first-order chi connectivity index (χ1) is 14.5. The van der Waals surface area contributed by atoms with Crippen LogP contribution in [-0.4, -0.2) is 28.0 Å². The second-order valence-corrected chi connectivity index (χ2v) is 8.00. The molecule has 0 aliphatic heterocycles. The Kier molecular flexibility index (Phi) is 7.10. The van der Waals surface area contributed by atoms with Crippen molar-refractivity contribution in [3.63, 3.8) is 0 Å². The summed E-state index contributed by atoms with van der Waals surface area (Å²) in [5.41, 5.74) is 0.373. The van der Waals surface area contributed by atoms with Crippen LogP contribution in [0.5, 0.6) is 11.5 Å². The van der Waals surface area contributed by atoms with Gasteiger partial charge in [0.05, 0.1) is 37.8 Å². The predicted molar refractivity (Wildman–Crippen MR) is 111 cm³/mol. The Morgan fingerprint density at radius 2 is 1.83 bits per heavy atom. The molecule has 0 fully saturated rings. The number of ether oxygens (including phenoxy) is 2. The molecule has 3 aromatic rings. The number of amides is 1. The van der Waals surface area contributed by atoms with Gasteiger partial charge in [-0.15, -0.1) is 0 Å². The van der Waals surface area contributed by atoms with Gasteiger partial charge in [0.1, 0.15) is 5.76 Å². The molecule has 8 nitrogen and oxygen atoms in total. The van der Waals surface area contributed by atoms with E-state index in [1.165, 1.54) is 18.4 Å². The van der Waals surface area contributed by atoms with Crippen molar-refractivity contribution in [3.8, 4) is 11.5 Å². The van der Waals surface area contributed by atoms with Crippen molar-refractivity contribution >= 4 is 21.6 Å². The highest BCUT2D eigenvalue weighted by Crippen LogP contribution is 2.25. The van der Waals surface area contributed by atoms with E-state index in [9.17, 15) is 13.2 Å². The quantitative estimate of drug-likeness (QED) is 0.512. The molecule has 0 bridgehead atoms. The summed E-state index contributed by atoms with van der Waals surface area (Å²) in [7, 11) is -2.21. The molecule has 1 amide bonds. The van der Waals surface area contributed by atoms with Crippen molar-refractivity contribution in [1.29, 1.82) is 0 Å². The van der Waals surface area contributed by atoms with E-state index in [1.54, 1.807) is 43.5 Å². The number of hydrogen-bond donors (Lipinski definition) is 2. The molecule has 0 spiro atoms. The number of hydrogen-bond acceptors (Lipinski definition) is 6. The summed E-state index contributed by atoms with van der Waals surface area (Å²) in [6.45, 7) is 0.182. The van der Waals surface area contributed by atoms with E-state index in [0.29, 0.717) is 22.9 Å². The number of para-hydroxylation sites is 2. The SMILES string of the molecule is COc1ccccc1OCCC(=O)Nc1cccc(S(=O)(=O)NCc2ccco2)c1. The fourth-order valence-corrected chi connectivity index (χ4v) is 3.66. The lowest BCUT2D eigenvalue weighted by molar-refractivity contribution is -0.116. The van der Waals surface area contributed by atoms with Crippen LogP contribution >= 0.6 is 0 Å². The molecule has 0 aliphatic carbocycles. The Bertz CT molecular complexity index is 1080. The first-order valence-electron chi connectivity index (χ1n) is 9.16. The molecule has 2 aromatic carbocycles. The standard InChI is InChI=1S/C21H22N2O6S/c1-27-19-9-2-3-10-20(19)29-13-11-21(24)23-16-6-4-8-18(14-16)30(25,26)22-15-17-7-5-12-28-17/h2-10,12,14,22H,11,13,15H2,1H3,(H,23,24). The van der Waals surface area contributed by atoms with E-state index in [-0.39, 0.29) is 30.4 Å². The van der Waals surface area contributed by atoms with Gasteiger partial charge in [0.25, 0.3) is 0 Å². The predicted octanol–water partition coefficient (Wildman–Crippen LogP) is 3.17. The molecule has 3 rings (SSSR count). The largest absolute Gasteiger partial charge is 0.493 e. The molecule has 1 aromatic heterocycles. The number of methoxy groups -OCH3 is 1. The highest BCUT2D eigenvalue weighted by Gasteiger charge is 2.15. The van der Waals surface area contributed by atoms with Crippen LogP contribution in [0.25, 0.3) is 0 Å². The smallest absolute Gasteiger partial charge is 0.241 e. The van der Waals surface area contributed by atoms with Gasteiger partial charge in [-0.3, -0.25) is 4.79 Å². The Morgan fingerprint density at radius 3 is 2.57 bits per heavy atom. The topological polar surface area (TPSA) is 107 Å². The number of nitrogens with one attached hydrogen (secondary N) is 2. The third-order valence-electron chi connectivity index (χ3n) is 4.10. The lowest BCUT2D eigenvalue weighted by Gasteiger charge is -2.11. The van der Waals surface area contributed by atoms with E-state index < -0.39 is 10.0 Å². The van der Waals surface area contributed by atoms with Gasteiger partial charge in [-0.2, -0.15) is 0 Å². The van der Waals surface area contributed by atoms with Crippen LogP contribution in [0.3, 0.4) is 0 Å². The van der Waals surface area contributed by atoms with E-state index in [1.807, 2.05) is 12.1 Å². The summed E-state index contributed by atoms with van der Waals surface area (Å²) in [6.07, 6.45) is 1.56. The van der Waals surface area contributed by atoms with Crippen LogP contribution in [0.1, 0.15) is 12.2 Å². The molecule has 158 valence electrons. The van der Waals surface area contributed by atoms with E-state index in [4.69, 9.17) is 13.9 Å². The molecule has 9 heteroatoms. The monoisotopic (exact) mass is 430 g/mol. The second kappa shape index (κ2) is 9.95. The molecule has 0 aliphatic rings. The Hall–Kier alpha value is -3.30. The highest BCUT2D eigenvalue weighted by molar-refractivity contribution is 7.89. The van der Waals surface area contributed by atoms with E-state index >= 15 is 0 Å². The average Bonchev–Trinajstić information content (AvgIpc) is 3.27. The molecule has 0 saturated heterocycles. The zero-order valence-electron chi connectivity index (χ0n) is 16.3. The summed E-state index contributed by atoms with van der Waals surface area (Å²) in [5.74, 6) is 1.32. The first-order valence-corrected chi connectivity index (χ1v) is 10.6. The lowest BCUT2D eigenvalue weighted by atomic mass is 10.3. The van der Waals surface area contributed by atoms with Gasteiger partial charge >= 0.3 is 0 Å². The number of carbonyl (C=O) groups is 1. The van der Waals surface area contributed by atoms with Gasteiger partial charge < -0.3 is 19.2 Å². The minimum Gasteiger partial charge on any atom is -0.493 e. The van der Waals surface area contributed by atoms with Crippen molar-refractivity contribution in [2.24, 2.45) is 0 Å². The number of anilines is 1. The van der Waals surface area contributed by atoms with E-state index in [0.717, 1.165) is 0 Å². The molecule has 1 heterocycles. The van der Waals surface area contributed by atoms with Gasteiger partial charge in [0.2, 0.25) is 15.9 Å². The van der Waals surface area contributed by atoms with Crippen LogP contribution in [0, 0.1) is 0 Å². The average molecular weight is 430 g/mol. The fourth-order valence-electron chi connectivity index (χ4n) is 2.62. The van der Waals surface area contributed by atoms with Crippen molar-refractivity contribution in [1.82, 2.24) is 4.72 Å². The minimum atomic E-state index is -3.76. The third-order valence-corrected chi connectivity index (χ3v) is 5.50. The maximum atomic E-state index is 12.5. The molecule has 0 radical (unpaired) electrons. The number of rotatable bonds is 10. The van der Waals surface area contributed by atoms with Crippen LogP contribution in [-0.2, 0) is 21.4 Å².